The van der Waals surface area contributed by atoms with Crippen molar-refractivity contribution in [3.05, 3.63) is 34.1 Å². The van der Waals surface area contributed by atoms with E-state index in [1.165, 1.54) is 6.07 Å². The Labute approximate surface area is 110 Å². The number of benzene rings is 1. The molecule has 0 spiro atoms. The molecule has 1 aliphatic rings. The molecule has 2 rings (SSSR count). The molecule has 2 nitrogen and oxygen atoms in total. The van der Waals surface area contributed by atoms with E-state index in [9.17, 15) is 4.39 Å². The van der Waals surface area contributed by atoms with Gasteiger partial charge in [0.15, 0.2) is 0 Å². The molecule has 0 amide bonds. The van der Waals surface area contributed by atoms with Crippen LogP contribution in [0.5, 0.6) is 0 Å². The Balaban J connectivity index is 2.04. The zero-order valence-corrected chi connectivity index (χ0v) is 11.7. The molecule has 94 valence electrons. The SMILES string of the molecule is C[C@@H]1CN(Cc2cc(F)cc(Br)c2)C[C@H](C)O1. The fraction of sp³-hybridized carbons (Fsp3) is 0.538. The van der Waals surface area contributed by atoms with Gasteiger partial charge in [0.05, 0.1) is 12.2 Å². The molecule has 0 N–H and O–H groups in total. The number of hydrogen-bond donors (Lipinski definition) is 0. The third-order valence-corrected chi connectivity index (χ3v) is 3.28. The highest BCUT2D eigenvalue weighted by molar-refractivity contribution is 9.10. The van der Waals surface area contributed by atoms with E-state index in [4.69, 9.17) is 4.74 Å². The van der Waals surface area contributed by atoms with E-state index in [1.54, 1.807) is 6.07 Å². The van der Waals surface area contributed by atoms with Gasteiger partial charge in [0.1, 0.15) is 5.82 Å². The number of morpholine rings is 1. The molecule has 17 heavy (non-hydrogen) atoms. The summed E-state index contributed by atoms with van der Waals surface area (Å²) in [5.41, 5.74) is 0.998. The average molecular weight is 302 g/mol. The summed E-state index contributed by atoms with van der Waals surface area (Å²) in [7, 11) is 0. The van der Waals surface area contributed by atoms with E-state index in [2.05, 4.69) is 34.7 Å². The van der Waals surface area contributed by atoms with Gasteiger partial charge in [-0.25, -0.2) is 4.39 Å². The van der Waals surface area contributed by atoms with Crippen molar-refractivity contribution in [2.45, 2.75) is 32.6 Å². The second kappa shape index (κ2) is 5.46. The van der Waals surface area contributed by atoms with Crippen molar-refractivity contribution in [2.75, 3.05) is 13.1 Å². The van der Waals surface area contributed by atoms with Gasteiger partial charge in [0, 0.05) is 24.1 Å². The minimum Gasteiger partial charge on any atom is -0.373 e. The van der Waals surface area contributed by atoms with Crippen molar-refractivity contribution in [1.29, 1.82) is 0 Å². The second-order valence-electron chi connectivity index (χ2n) is 4.73. The topological polar surface area (TPSA) is 12.5 Å². The smallest absolute Gasteiger partial charge is 0.124 e. The van der Waals surface area contributed by atoms with E-state index in [0.717, 1.165) is 29.7 Å². The number of rotatable bonds is 2. The van der Waals surface area contributed by atoms with Crippen LogP contribution < -0.4 is 0 Å². The molecule has 0 bridgehead atoms. The first kappa shape index (κ1) is 13.0. The zero-order chi connectivity index (χ0) is 12.4. The first-order chi connectivity index (χ1) is 8.02. The van der Waals surface area contributed by atoms with Gasteiger partial charge < -0.3 is 4.74 Å². The van der Waals surface area contributed by atoms with Crippen molar-refractivity contribution in [1.82, 2.24) is 4.90 Å². The lowest BCUT2D eigenvalue weighted by molar-refractivity contribution is -0.0705. The van der Waals surface area contributed by atoms with Crippen LogP contribution in [0.4, 0.5) is 4.39 Å². The van der Waals surface area contributed by atoms with Gasteiger partial charge >= 0.3 is 0 Å². The summed E-state index contributed by atoms with van der Waals surface area (Å²) in [5, 5.41) is 0. The number of nitrogens with zero attached hydrogens (tertiary/aromatic N) is 1. The van der Waals surface area contributed by atoms with Crippen LogP contribution in [0, 0.1) is 5.82 Å². The summed E-state index contributed by atoms with van der Waals surface area (Å²) < 4.78 is 19.7. The Morgan fingerprint density at radius 3 is 2.53 bits per heavy atom. The lowest BCUT2D eigenvalue weighted by Gasteiger charge is -2.35. The van der Waals surface area contributed by atoms with Crippen LogP contribution in [-0.4, -0.2) is 30.2 Å². The first-order valence-corrected chi connectivity index (χ1v) is 6.65. The van der Waals surface area contributed by atoms with Crippen LogP contribution in [0.25, 0.3) is 0 Å². The van der Waals surface area contributed by atoms with E-state index >= 15 is 0 Å². The van der Waals surface area contributed by atoms with Gasteiger partial charge in [0.2, 0.25) is 0 Å². The molecular formula is C13H17BrFNO. The molecule has 1 aliphatic heterocycles. The predicted molar refractivity (Wildman–Crippen MR) is 69.4 cm³/mol. The molecule has 0 aliphatic carbocycles. The fourth-order valence-corrected chi connectivity index (χ4v) is 2.89. The molecule has 1 aromatic rings. The first-order valence-electron chi connectivity index (χ1n) is 5.85. The minimum atomic E-state index is -0.191. The Morgan fingerprint density at radius 1 is 1.29 bits per heavy atom. The highest BCUT2D eigenvalue weighted by atomic mass is 79.9. The largest absolute Gasteiger partial charge is 0.373 e. The highest BCUT2D eigenvalue weighted by Gasteiger charge is 2.22. The van der Waals surface area contributed by atoms with Crippen LogP contribution in [0.2, 0.25) is 0 Å². The maximum absolute atomic E-state index is 13.3. The summed E-state index contributed by atoms with van der Waals surface area (Å²) in [4.78, 5) is 2.31. The van der Waals surface area contributed by atoms with E-state index in [-0.39, 0.29) is 18.0 Å². The summed E-state index contributed by atoms with van der Waals surface area (Å²) >= 11 is 3.32. The standard InChI is InChI=1S/C13H17BrFNO/c1-9-6-16(7-10(2)17-9)8-11-3-12(14)5-13(15)4-11/h3-5,9-10H,6-8H2,1-2H3/t9-,10+. The van der Waals surface area contributed by atoms with Crippen molar-refractivity contribution in [3.8, 4) is 0 Å². The monoisotopic (exact) mass is 301 g/mol. The number of halogens is 2. The van der Waals surface area contributed by atoms with Crippen molar-refractivity contribution in [2.24, 2.45) is 0 Å². The van der Waals surface area contributed by atoms with E-state index in [1.807, 2.05) is 6.07 Å². The normalized spacial score (nSPS) is 26.1. The Bertz CT molecular complexity index is 369. The summed E-state index contributed by atoms with van der Waals surface area (Å²) in [6.07, 6.45) is 0.492. The van der Waals surface area contributed by atoms with Crippen LogP contribution in [0.15, 0.2) is 22.7 Å². The third kappa shape index (κ3) is 3.76. The summed E-state index contributed by atoms with van der Waals surface area (Å²) in [6, 6.07) is 5.04. The van der Waals surface area contributed by atoms with Crippen molar-refractivity contribution in [3.63, 3.8) is 0 Å². The highest BCUT2D eigenvalue weighted by Crippen LogP contribution is 2.18. The maximum atomic E-state index is 13.3. The van der Waals surface area contributed by atoms with Gasteiger partial charge in [-0.1, -0.05) is 15.9 Å². The van der Waals surface area contributed by atoms with E-state index < -0.39 is 0 Å². The minimum absolute atomic E-state index is 0.191. The van der Waals surface area contributed by atoms with Crippen LogP contribution >= 0.6 is 15.9 Å². The van der Waals surface area contributed by atoms with E-state index in [0.29, 0.717) is 0 Å². The molecule has 1 aromatic carbocycles. The molecule has 1 saturated heterocycles. The molecule has 0 unspecified atom stereocenters. The van der Waals surface area contributed by atoms with Crippen molar-refractivity contribution < 1.29 is 9.13 Å². The summed E-state index contributed by atoms with van der Waals surface area (Å²) in [6.45, 7) is 6.72. The lowest BCUT2D eigenvalue weighted by atomic mass is 10.1. The van der Waals surface area contributed by atoms with Gasteiger partial charge in [-0.15, -0.1) is 0 Å². The molecule has 0 radical (unpaired) electrons. The van der Waals surface area contributed by atoms with Gasteiger partial charge in [-0.3, -0.25) is 4.90 Å². The predicted octanol–water partition coefficient (Wildman–Crippen LogP) is 3.20. The van der Waals surface area contributed by atoms with Crippen LogP contribution in [0.3, 0.4) is 0 Å². The Morgan fingerprint density at radius 2 is 1.94 bits per heavy atom. The Kier molecular flexibility index (Phi) is 4.17. The number of ether oxygens (including phenoxy) is 1. The van der Waals surface area contributed by atoms with Gasteiger partial charge in [-0.05, 0) is 37.6 Å². The Hall–Kier alpha value is -0.450. The molecular weight excluding hydrogens is 285 g/mol. The average Bonchev–Trinajstić information content (AvgIpc) is 2.13. The molecule has 0 aromatic heterocycles. The molecule has 1 fully saturated rings. The number of hydrogen-bond acceptors (Lipinski definition) is 2. The van der Waals surface area contributed by atoms with Gasteiger partial charge in [0.25, 0.3) is 0 Å². The van der Waals surface area contributed by atoms with Gasteiger partial charge in [-0.2, -0.15) is 0 Å². The fourth-order valence-electron chi connectivity index (χ4n) is 2.37. The maximum Gasteiger partial charge on any atom is 0.124 e. The third-order valence-electron chi connectivity index (χ3n) is 2.82. The second-order valence-corrected chi connectivity index (χ2v) is 5.64. The zero-order valence-electron chi connectivity index (χ0n) is 10.1. The molecule has 0 saturated carbocycles. The van der Waals surface area contributed by atoms with Crippen molar-refractivity contribution >= 4 is 15.9 Å². The van der Waals surface area contributed by atoms with Crippen LogP contribution in [0.1, 0.15) is 19.4 Å². The molecule has 4 heteroatoms. The lowest BCUT2D eigenvalue weighted by Crippen LogP contribution is -2.44. The molecule has 1 heterocycles. The quantitative estimate of drug-likeness (QED) is 0.832. The van der Waals surface area contributed by atoms with Crippen LogP contribution in [-0.2, 0) is 11.3 Å². The molecule has 2 atom stereocenters. The summed E-state index contributed by atoms with van der Waals surface area (Å²) in [5.74, 6) is -0.191.